The van der Waals surface area contributed by atoms with Crippen molar-refractivity contribution in [1.29, 1.82) is 0 Å². The van der Waals surface area contributed by atoms with Gasteiger partial charge in [-0.1, -0.05) is 24.6 Å². The lowest BCUT2D eigenvalue weighted by Gasteiger charge is -2.45. The van der Waals surface area contributed by atoms with Crippen LogP contribution in [0.15, 0.2) is 36.4 Å². The lowest BCUT2D eigenvalue weighted by Crippen LogP contribution is -2.51. The first-order valence-corrected chi connectivity index (χ1v) is 14.4. The summed E-state index contributed by atoms with van der Waals surface area (Å²) in [4.78, 5) is 48.9. The summed E-state index contributed by atoms with van der Waals surface area (Å²) in [6.07, 6.45) is 5.62. The van der Waals surface area contributed by atoms with Crippen molar-refractivity contribution in [1.82, 2.24) is 14.7 Å². The molecule has 3 amide bonds. The maximum Gasteiger partial charge on any atom is 0.264 e. The van der Waals surface area contributed by atoms with E-state index < -0.39 is 6.17 Å². The summed E-state index contributed by atoms with van der Waals surface area (Å²) in [7, 11) is 4.92. The summed E-state index contributed by atoms with van der Waals surface area (Å²) in [5, 5.41) is 0. The average Bonchev–Trinajstić information content (AvgIpc) is 3.28. The van der Waals surface area contributed by atoms with Gasteiger partial charge in [-0.3, -0.25) is 19.3 Å². The zero-order valence-corrected chi connectivity index (χ0v) is 23.6. The second-order valence-corrected chi connectivity index (χ2v) is 11.4. The van der Waals surface area contributed by atoms with Crippen molar-refractivity contribution in [2.24, 2.45) is 5.92 Å². The number of amides is 3. The van der Waals surface area contributed by atoms with Gasteiger partial charge in [-0.05, 0) is 62.9 Å². The first kappa shape index (κ1) is 26.6. The molecule has 4 heterocycles. The van der Waals surface area contributed by atoms with Crippen LogP contribution in [0.3, 0.4) is 0 Å². The summed E-state index contributed by atoms with van der Waals surface area (Å²) in [6.45, 7) is 3.29. The van der Waals surface area contributed by atoms with Gasteiger partial charge in [0.05, 0.1) is 31.0 Å². The number of ether oxygens (including phenoxy) is 2. The van der Waals surface area contributed by atoms with E-state index in [1.165, 1.54) is 53.0 Å². The number of benzene rings is 2. The highest BCUT2D eigenvalue weighted by Gasteiger charge is 2.49. The fourth-order valence-corrected chi connectivity index (χ4v) is 7.30. The number of carbonyl (C=O) groups is 3. The lowest BCUT2D eigenvalue weighted by molar-refractivity contribution is -0.131. The molecule has 0 aromatic heterocycles. The predicted octanol–water partition coefficient (Wildman–Crippen LogP) is 3.93. The zero-order chi connectivity index (χ0) is 28.0. The number of rotatable bonds is 7. The van der Waals surface area contributed by atoms with Crippen molar-refractivity contribution in [2.75, 3.05) is 52.3 Å². The molecule has 0 bridgehead atoms. The number of para-hydroxylation sites is 1. The Morgan fingerprint density at radius 1 is 0.975 bits per heavy atom. The molecule has 3 atom stereocenters. The Morgan fingerprint density at radius 3 is 2.58 bits per heavy atom. The number of nitrogens with zero attached hydrogens (tertiary/aromatic N) is 4. The largest absolute Gasteiger partial charge is 0.493 e. The molecular formula is C31H38N4O5. The Labute approximate surface area is 235 Å². The molecule has 0 N–H and O–H groups in total. The average molecular weight is 547 g/mol. The Kier molecular flexibility index (Phi) is 7.16. The number of methoxy groups -OCH3 is 2. The van der Waals surface area contributed by atoms with Gasteiger partial charge in [0.2, 0.25) is 5.91 Å². The minimum Gasteiger partial charge on any atom is -0.493 e. The first-order valence-electron chi connectivity index (χ1n) is 14.4. The highest BCUT2D eigenvalue weighted by atomic mass is 16.5. The van der Waals surface area contributed by atoms with E-state index in [1.54, 1.807) is 34.1 Å². The Bertz CT molecular complexity index is 1330. The third-order valence-corrected chi connectivity index (χ3v) is 9.21. The molecule has 40 heavy (non-hydrogen) atoms. The number of fused-ring (bicyclic) bond motifs is 6. The van der Waals surface area contributed by atoms with Crippen LogP contribution in [0.4, 0.5) is 5.69 Å². The summed E-state index contributed by atoms with van der Waals surface area (Å²) in [5.41, 5.74) is 2.07. The molecule has 2 aromatic carbocycles. The molecule has 3 unspecified atom stereocenters. The predicted molar refractivity (Wildman–Crippen MR) is 151 cm³/mol. The van der Waals surface area contributed by atoms with E-state index in [4.69, 9.17) is 9.47 Å². The molecule has 0 saturated carbocycles. The SMILES string of the molecule is COc1ccc2c(c1OC)C(=O)N1c3ccccc3C(=O)N(CCC(=O)N(C)CC3CCCN4CCCCC34)C21. The second kappa shape index (κ2) is 10.8. The standard InChI is InChI=1S/C31H38N4O5/c1-32(19-20-9-8-17-33-16-7-6-11-23(20)33)26(36)15-18-34-29-22-13-14-25(39-2)28(40-3)27(22)31(38)35(29)24-12-5-4-10-21(24)30(34)37/h4-5,10,12-14,20,23,29H,6-9,11,15-19H2,1-3H3. The van der Waals surface area contributed by atoms with E-state index >= 15 is 0 Å². The molecule has 9 heteroatoms. The smallest absolute Gasteiger partial charge is 0.264 e. The van der Waals surface area contributed by atoms with Gasteiger partial charge >= 0.3 is 0 Å². The van der Waals surface area contributed by atoms with Gasteiger partial charge in [-0.2, -0.15) is 0 Å². The van der Waals surface area contributed by atoms with Gasteiger partial charge in [-0.15, -0.1) is 0 Å². The van der Waals surface area contributed by atoms with Crippen LogP contribution in [0.25, 0.3) is 0 Å². The molecule has 2 aromatic rings. The van der Waals surface area contributed by atoms with E-state index in [0.29, 0.717) is 45.8 Å². The van der Waals surface area contributed by atoms with Gasteiger partial charge in [0.25, 0.3) is 11.8 Å². The molecule has 0 aliphatic carbocycles. The Balaban J connectivity index is 1.24. The highest BCUT2D eigenvalue weighted by Crippen LogP contribution is 2.49. The van der Waals surface area contributed by atoms with Crippen molar-refractivity contribution in [3.8, 4) is 11.5 Å². The van der Waals surface area contributed by atoms with Crippen molar-refractivity contribution < 1.29 is 23.9 Å². The third-order valence-electron chi connectivity index (χ3n) is 9.21. The van der Waals surface area contributed by atoms with Gasteiger partial charge in [0, 0.05) is 38.2 Å². The number of carbonyl (C=O) groups excluding carboxylic acids is 3. The van der Waals surface area contributed by atoms with Crippen LogP contribution in [0.1, 0.15) is 71.0 Å². The number of anilines is 1. The summed E-state index contributed by atoms with van der Waals surface area (Å²) in [6, 6.07) is 11.3. The number of piperidine rings is 2. The van der Waals surface area contributed by atoms with E-state index in [-0.39, 0.29) is 30.7 Å². The topological polar surface area (TPSA) is 82.6 Å². The minimum atomic E-state index is -0.656. The first-order chi connectivity index (χ1) is 19.4. The number of hydrogen-bond donors (Lipinski definition) is 0. The van der Waals surface area contributed by atoms with Crippen LogP contribution in [0.2, 0.25) is 0 Å². The molecule has 4 aliphatic heterocycles. The summed E-state index contributed by atoms with van der Waals surface area (Å²) < 4.78 is 11.1. The van der Waals surface area contributed by atoms with Crippen LogP contribution in [0, 0.1) is 5.92 Å². The number of hydrogen-bond acceptors (Lipinski definition) is 6. The molecule has 0 radical (unpaired) electrons. The molecule has 9 nitrogen and oxygen atoms in total. The van der Waals surface area contributed by atoms with Crippen molar-refractivity contribution in [2.45, 2.75) is 50.7 Å². The van der Waals surface area contributed by atoms with Crippen LogP contribution in [-0.4, -0.2) is 85.9 Å². The van der Waals surface area contributed by atoms with E-state index in [1.807, 2.05) is 24.1 Å². The van der Waals surface area contributed by atoms with Gasteiger partial charge < -0.3 is 24.2 Å². The molecule has 4 aliphatic rings. The molecular weight excluding hydrogens is 508 g/mol. The molecule has 6 rings (SSSR count). The van der Waals surface area contributed by atoms with Crippen LogP contribution in [-0.2, 0) is 4.79 Å². The van der Waals surface area contributed by atoms with Crippen LogP contribution >= 0.6 is 0 Å². The third kappa shape index (κ3) is 4.31. The summed E-state index contributed by atoms with van der Waals surface area (Å²) >= 11 is 0. The maximum atomic E-state index is 13.9. The zero-order valence-electron chi connectivity index (χ0n) is 23.6. The van der Waals surface area contributed by atoms with Crippen molar-refractivity contribution in [3.63, 3.8) is 0 Å². The fraction of sp³-hybridized carbons (Fsp3) is 0.516. The fourth-order valence-electron chi connectivity index (χ4n) is 7.30. The second-order valence-electron chi connectivity index (χ2n) is 11.4. The maximum absolute atomic E-state index is 13.9. The van der Waals surface area contributed by atoms with Crippen LogP contribution in [0.5, 0.6) is 11.5 Å². The lowest BCUT2D eigenvalue weighted by atomic mass is 9.83. The van der Waals surface area contributed by atoms with E-state index in [0.717, 1.165) is 13.0 Å². The van der Waals surface area contributed by atoms with E-state index in [9.17, 15) is 14.4 Å². The molecule has 2 fully saturated rings. The van der Waals surface area contributed by atoms with Gasteiger partial charge in [-0.25, -0.2) is 0 Å². The van der Waals surface area contributed by atoms with E-state index in [2.05, 4.69) is 4.90 Å². The minimum absolute atomic E-state index is 0.0167. The molecule has 212 valence electrons. The quantitative estimate of drug-likeness (QED) is 0.524. The monoisotopic (exact) mass is 546 g/mol. The Hall–Kier alpha value is -3.59. The Morgan fingerprint density at radius 2 is 1.77 bits per heavy atom. The van der Waals surface area contributed by atoms with Crippen molar-refractivity contribution >= 4 is 23.4 Å². The van der Waals surface area contributed by atoms with Gasteiger partial charge in [0.1, 0.15) is 6.17 Å². The van der Waals surface area contributed by atoms with Crippen LogP contribution < -0.4 is 14.4 Å². The normalized spacial score (nSPS) is 23.7. The van der Waals surface area contributed by atoms with Gasteiger partial charge in [0.15, 0.2) is 11.5 Å². The van der Waals surface area contributed by atoms with Crippen molar-refractivity contribution in [3.05, 3.63) is 53.1 Å². The summed E-state index contributed by atoms with van der Waals surface area (Å²) in [5.74, 6) is 0.874. The highest BCUT2D eigenvalue weighted by molar-refractivity contribution is 6.18. The molecule has 2 saturated heterocycles. The molecule has 0 spiro atoms.